The lowest BCUT2D eigenvalue weighted by Gasteiger charge is -2.35. The molecular weight excluding hydrogens is 234 g/mol. The number of benzene rings is 1. The quantitative estimate of drug-likeness (QED) is 0.897. The fraction of sp³-hybridized carbons (Fsp3) is 0.625. The van der Waals surface area contributed by atoms with Gasteiger partial charge in [-0.1, -0.05) is 19.1 Å². The van der Waals surface area contributed by atoms with Gasteiger partial charge in [-0.2, -0.15) is 0 Å². The SMILES string of the molecule is CCc1ccc(N(C)C)c(C(C)N2CCNCC2)c1. The third kappa shape index (κ3) is 3.28. The fourth-order valence-corrected chi connectivity index (χ4v) is 2.83. The minimum Gasteiger partial charge on any atom is -0.377 e. The Bertz CT molecular complexity index is 408. The van der Waals surface area contributed by atoms with E-state index in [4.69, 9.17) is 0 Å². The molecule has 106 valence electrons. The van der Waals surface area contributed by atoms with Crippen molar-refractivity contribution < 1.29 is 0 Å². The molecule has 19 heavy (non-hydrogen) atoms. The van der Waals surface area contributed by atoms with E-state index in [0.29, 0.717) is 6.04 Å². The number of aryl methyl sites for hydroxylation is 1. The summed E-state index contributed by atoms with van der Waals surface area (Å²) in [5.41, 5.74) is 4.25. The molecule has 3 nitrogen and oxygen atoms in total. The van der Waals surface area contributed by atoms with Crippen LogP contribution in [0.3, 0.4) is 0 Å². The van der Waals surface area contributed by atoms with Crippen molar-refractivity contribution in [3.8, 4) is 0 Å². The van der Waals surface area contributed by atoms with Crippen LogP contribution in [0.5, 0.6) is 0 Å². The largest absolute Gasteiger partial charge is 0.377 e. The molecule has 1 aliphatic rings. The summed E-state index contributed by atoms with van der Waals surface area (Å²) >= 11 is 0. The molecule has 0 bridgehead atoms. The second-order valence-corrected chi connectivity index (χ2v) is 5.60. The fourth-order valence-electron chi connectivity index (χ4n) is 2.83. The first-order valence-corrected chi connectivity index (χ1v) is 7.38. The number of nitrogens with zero attached hydrogens (tertiary/aromatic N) is 2. The van der Waals surface area contributed by atoms with Gasteiger partial charge >= 0.3 is 0 Å². The summed E-state index contributed by atoms with van der Waals surface area (Å²) in [6, 6.07) is 7.41. The molecule has 0 spiro atoms. The second kappa shape index (κ2) is 6.40. The predicted octanol–water partition coefficient (Wildman–Crippen LogP) is 2.28. The monoisotopic (exact) mass is 261 g/mol. The van der Waals surface area contributed by atoms with E-state index in [0.717, 1.165) is 32.6 Å². The average molecular weight is 261 g/mol. The lowest BCUT2D eigenvalue weighted by molar-refractivity contribution is 0.186. The highest BCUT2D eigenvalue weighted by atomic mass is 15.2. The average Bonchev–Trinajstić information content (AvgIpc) is 2.46. The summed E-state index contributed by atoms with van der Waals surface area (Å²) in [5.74, 6) is 0. The van der Waals surface area contributed by atoms with Crippen molar-refractivity contribution in [2.45, 2.75) is 26.3 Å². The molecule has 0 amide bonds. The van der Waals surface area contributed by atoms with Crippen LogP contribution in [-0.2, 0) is 6.42 Å². The first-order valence-electron chi connectivity index (χ1n) is 7.38. The van der Waals surface area contributed by atoms with Crippen LogP contribution in [0.15, 0.2) is 18.2 Å². The maximum Gasteiger partial charge on any atom is 0.0409 e. The van der Waals surface area contributed by atoms with Gasteiger partial charge in [0.2, 0.25) is 0 Å². The minimum absolute atomic E-state index is 0.492. The van der Waals surface area contributed by atoms with E-state index in [1.165, 1.54) is 16.8 Å². The van der Waals surface area contributed by atoms with Crippen molar-refractivity contribution in [1.29, 1.82) is 0 Å². The number of hydrogen-bond acceptors (Lipinski definition) is 3. The van der Waals surface area contributed by atoms with E-state index < -0.39 is 0 Å². The smallest absolute Gasteiger partial charge is 0.0409 e. The third-order valence-electron chi connectivity index (χ3n) is 4.13. The van der Waals surface area contributed by atoms with Crippen LogP contribution < -0.4 is 10.2 Å². The maximum atomic E-state index is 3.43. The first kappa shape index (κ1) is 14.4. The highest BCUT2D eigenvalue weighted by molar-refractivity contribution is 5.55. The van der Waals surface area contributed by atoms with Crippen LogP contribution in [0.1, 0.15) is 31.0 Å². The molecule has 0 saturated carbocycles. The van der Waals surface area contributed by atoms with E-state index in [1.54, 1.807) is 0 Å². The summed E-state index contributed by atoms with van der Waals surface area (Å²) in [4.78, 5) is 4.81. The zero-order valence-electron chi connectivity index (χ0n) is 12.7. The molecular formula is C16H27N3. The second-order valence-electron chi connectivity index (χ2n) is 5.60. The lowest BCUT2D eigenvalue weighted by Crippen LogP contribution is -2.44. The number of piperazine rings is 1. The van der Waals surface area contributed by atoms with Crippen LogP contribution in [-0.4, -0.2) is 45.2 Å². The molecule has 1 fully saturated rings. The Morgan fingerprint density at radius 1 is 1.26 bits per heavy atom. The molecule has 2 rings (SSSR count). The highest BCUT2D eigenvalue weighted by Crippen LogP contribution is 2.30. The third-order valence-corrected chi connectivity index (χ3v) is 4.13. The summed E-state index contributed by atoms with van der Waals surface area (Å²) in [6.07, 6.45) is 1.11. The number of nitrogens with one attached hydrogen (secondary N) is 1. The molecule has 1 aromatic carbocycles. The van der Waals surface area contributed by atoms with Crippen molar-refractivity contribution >= 4 is 5.69 Å². The predicted molar refractivity (Wildman–Crippen MR) is 83.0 cm³/mol. The molecule has 1 aromatic rings. The topological polar surface area (TPSA) is 18.5 Å². The van der Waals surface area contributed by atoms with Crippen molar-refractivity contribution in [3.63, 3.8) is 0 Å². The highest BCUT2D eigenvalue weighted by Gasteiger charge is 2.21. The van der Waals surface area contributed by atoms with Gasteiger partial charge in [-0.05, 0) is 30.5 Å². The lowest BCUT2D eigenvalue weighted by atomic mass is 9.99. The zero-order valence-corrected chi connectivity index (χ0v) is 12.7. The number of rotatable bonds is 4. The Morgan fingerprint density at radius 2 is 1.95 bits per heavy atom. The number of hydrogen-bond donors (Lipinski definition) is 1. The van der Waals surface area contributed by atoms with Crippen molar-refractivity contribution in [2.75, 3.05) is 45.2 Å². The van der Waals surface area contributed by atoms with E-state index in [9.17, 15) is 0 Å². The summed E-state index contributed by atoms with van der Waals surface area (Å²) < 4.78 is 0. The van der Waals surface area contributed by atoms with Gasteiger partial charge in [-0.25, -0.2) is 0 Å². The maximum absolute atomic E-state index is 3.43. The normalized spacial score (nSPS) is 18.3. The van der Waals surface area contributed by atoms with Crippen LogP contribution in [0.25, 0.3) is 0 Å². The van der Waals surface area contributed by atoms with E-state index in [-0.39, 0.29) is 0 Å². The van der Waals surface area contributed by atoms with Crippen molar-refractivity contribution in [3.05, 3.63) is 29.3 Å². The van der Waals surface area contributed by atoms with E-state index in [2.05, 4.69) is 61.3 Å². The molecule has 3 heteroatoms. The van der Waals surface area contributed by atoms with Gasteiger partial charge in [0.25, 0.3) is 0 Å². The van der Waals surface area contributed by atoms with Crippen molar-refractivity contribution in [1.82, 2.24) is 10.2 Å². The molecule has 0 aromatic heterocycles. The molecule has 1 atom stereocenters. The van der Waals surface area contributed by atoms with E-state index in [1.807, 2.05) is 0 Å². The van der Waals surface area contributed by atoms with Crippen LogP contribution in [0, 0.1) is 0 Å². The van der Waals surface area contributed by atoms with Crippen LogP contribution in [0.4, 0.5) is 5.69 Å². The molecule has 0 aliphatic carbocycles. The Kier molecular flexibility index (Phi) is 4.83. The summed E-state index contributed by atoms with van der Waals surface area (Å²) in [7, 11) is 4.27. The van der Waals surface area contributed by atoms with Crippen LogP contribution >= 0.6 is 0 Å². The van der Waals surface area contributed by atoms with Gasteiger partial charge in [0.1, 0.15) is 0 Å². The minimum atomic E-state index is 0.492. The van der Waals surface area contributed by atoms with Crippen LogP contribution in [0.2, 0.25) is 0 Å². The molecule has 1 N–H and O–H groups in total. The van der Waals surface area contributed by atoms with Gasteiger partial charge in [0.05, 0.1) is 0 Å². The number of anilines is 1. The molecule has 1 aliphatic heterocycles. The Labute approximate surface area is 117 Å². The van der Waals surface area contributed by atoms with E-state index >= 15 is 0 Å². The van der Waals surface area contributed by atoms with Crippen molar-refractivity contribution in [2.24, 2.45) is 0 Å². The van der Waals surface area contributed by atoms with Gasteiger partial charge in [0, 0.05) is 52.0 Å². The Balaban J connectivity index is 2.29. The molecule has 1 saturated heterocycles. The Morgan fingerprint density at radius 3 is 2.53 bits per heavy atom. The first-order chi connectivity index (χ1) is 9.13. The summed E-state index contributed by atoms with van der Waals surface area (Å²) in [5, 5.41) is 3.43. The van der Waals surface area contributed by atoms with Gasteiger partial charge in [0.15, 0.2) is 0 Å². The Hall–Kier alpha value is -1.06. The zero-order chi connectivity index (χ0) is 13.8. The summed E-state index contributed by atoms with van der Waals surface area (Å²) in [6.45, 7) is 9.07. The van der Waals surface area contributed by atoms with Gasteiger partial charge in [-0.3, -0.25) is 4.90 Å². The standard InChI is InChI=1S/C16H27N3/c1-5-14-6-7-16(18(3)4)15(12-14)13(2)19-10-8-17-9-11-19/h6-7,12-13,17H,5,8-11H2,1-4H3. The molecule has 1 unspecified atom stereocenters. The van der Waals surface area contributed by atoms with Gasteiger partial charge < -0.3 is 10.2 Å². The molecule has 0 radical (unpaired) electrons. The molecule has 1 heterocycles. The van der Waals surface area contributed by atoms with Gasteiger partial charge in [-0.15, -0.1) is 0 Å².